The van der Waals surface area contributed by atoms with Crippen molar-refractivity contribution in [2.45, 2.75) is 24.7 Å². The smallest absolute Gasteiger partial charge is 0.332 e. The maximum atomic E-state index is 12.2. The van der Waals surface area contributed by atoms with E-state index in [4.69, 9.17) is 37.8 Å². The Balaban J connectivity index is 1.97. The lowest BCUT2D eigenvalue weighted by molar-refractivity contribution is -0.147. The largest absolute Gasteiger partial charge is 0.479 e. The Hall–Kier alpha value is -1.87. The first-order valence-electron chi connectivity index (χ1n) is 7.24. The second-order valence-corrected chi connectivity index (χ2v) is 6.24. The SMILES string of the molecule is COC(C(=O)Nc1cc(Cl)cc(Cl)c1)C(=O)NC1COC(C(=O)O)C1. The zero-order valence-electron chi connectivity index (χ0n) is 13.1. The molecule has 1 aliphatic heterocycles. The first-order chi connectivity index (χ1) is 11.8. The summed E-state index contributed by atoms with van der Waals surface area (Å²) in [6.45, 7) is 0.0463. The molecule has 3 N–H and O–H groups in total. The number of carboxylic acids is 1. The zero-order valence-corrected chi connectivity index (χ0v) is 14.6. The van der Waals surface area contributed by atoms with E-state index in [-0.39, 0.29) is 13.0 Å². The van der Waals surface area contributed by atoms with E-state index in [0.29, 0.717) is 15.7 Å². The third-order valence-corrected chi connectivity index (χ3v) is 3.90. The number of rotatable bonds is 6. The molecule has 0 spiro atoms. The molecular formula is C15H16Cl2N2O6. The minimum absolute atomic E-state index is 0.0463. The number of halogens is 2. The fraction of sp³-hybridized carbons (Fsp3) is 0.400. The highest BCUT2D eigenvalue weighted by atomic mass is 35.5. The number of methoxy groups -OCH3 is 1. The zero-order chi connectivity index (χ0) is 18.6. The number of carbonyl (C=O) groups is 3. The number of nitrogens with one attached hydrogen (secondary N) is 2. The molecule has 8 nitrogen and oxygen atoms in total. The molecule has 1 aliphatic rings. The van der Waals surface area contributed by atoms with Crippen LogP contribution in [-0.4, -0.2) is 54.9 Å². The summed E-state index contributed by atoms with van der Waals surface area (Å²) >= 11 is 11.7. The molecule has 3 unspecified atom stereocenters. The van der Waals surface area contributed by atoms with Gasteiger partial charge in [0.1, 0.15) is 0 Å². The van der Waals surface area contributed by atoms with Crippen LogP contribution in [-0.2, 0) is 23.9 Å². The van der Waals surface area contributed by atoms with Gasteiger partial charge in [-0.25, -0.2) is 4.79 Å². The average Bonchev–Trinajstić information content (AvgIpc) is 2.95. The highest BCUT2D eigenvalue weighted by Gasteiger charge is 2.34. The maximum Gasteiger partial charge on any atom is 0.332 e. The summed E-state index contributed by atoms with van der Waals surface area (Å²) in [5.41, 5.74) is 0.312. The first-order valence-corrected chi connectivity index (χ1v) is 8.00. The summed E-state index contributed by atoms with van der Waals surface area (Å²) in [6, 6.07) is 3.92. The summed E-state index contributed by atoms with van der Waals surface area (Å²) < 4.78 is 9.98. The fourth-order valence-electron chi connectivity index (χ4n) is 2.34. The number of carbonyl (C=O) groups excluding carboxylic acids is 2. The molecular weight excluding hydrogens is 375 g/mol. The van der Waals surface area contributed by atoms with E-state index in [1.165, 1.54) is 25.3 Å². The van der Waals surface area contributed by atoms with Crippen molar-refractivity contribution in [3.63, 3.8) is 0 Å². The Morgan fingerprint density at radius 2 is 1.88 bits per heavy atom. The van der Waals surface area contributed by atoms with Crippen LogP contribution < -0.4 is 10.6 Å². The Labute approximate surface area is 153 Å². The van der Waals surface area contributed by atoms with Crippen LogP contribution in [0.2, 0.25) is 10.0 Å². The predicted molar refractivity (Wildman–Crippen MR) is 89.8 cm³/mol. The summed E-state index contributed by atoms with van der Waals surface area (Å²) in [5, 5.41) is 14.5. The van der Waals surface area contributed by atoms with Gasteiger partial charge in [-0.15, -0.1) is 0 Å². The topological polar surface area (TPSA) is 114 Å². The van der Waals surface area contributed by atoms with E-state index >= 15 is 0 Å². The van der Waals surface area contributed by atoms with Gasteiger partial charge >= 0.3 is 5.97 Å². The Kier molecular flexibility index (Phi) is 6.60. The van der Waals surface area contributed by atoms with Gasteiger partial charge in [-0.2, -0.15) is 0 Å². The van der Waals surface area contributed by atoms with Crippen molar-refractivity contribution < 1.29 is 29.0 Å². The summed E-state index contributed by atoms with van der Waals surface area (Å²) in [4.78, 5) is 35.3. The van der Waals surface area contributed by atoms with Crippen molar-refractivity contribution in [3.05, 3.63) is 28.2 Å². The van der Waals surface area contributed by atoms with Gasteiger partial charge in [0.05, 0.1) is 12.6 Å². The second-order valence-electron chi connectivity index (χ2n) is 5.36. The van der Waals surface area contributed by atoms with Crippen molar-refractivity contribution in [3.8, 4) is 0 Å². The number of benzene rings is 1. The van der Waals surface area contributed by atoms with Crippen molar-refractivity contribution in [2.24, 2.45) is 0 Å². The Morgan fingerprint density at radius 1 is 1.24 bits per heavy atom. The van der Waals surface area contributed by atoms with E-state index in [1.54, 1.807) is 0 Å². The van der Waals surface area contributed by atoms with E-state index in [2.05, 4.69) is 10.6 Å². The standard InChI is InChI=1S/C15H16Cl2N2O6/c1-24-12(13(20)18-9-3-7(16)2-8(17)4-9)14(21)19-10-5-11(15(22)23)25-6-10/h2-4,10-12H,5-6H2,1H3,(H,18,20)(H,19,21)(H,22,23). The highest BCUT2D eigenvalue weighted by molar-refractivity contribution is 6.35. The third kappa shape index (κ3) is 5.30. The highest BCUT2D eigenvalue weighted by Crippen LogP contribution is 2.22. The average molecular weight is 391 g/mol. The lowest BCUT2D eigenvalue weighted by Crippen LogP contribution is -2.47. The Morgan fingerprint density at radius 3 is 2.40 bits per heavy atom. The van der Waals surface area contributed by atoms with Crippen LogP contribution in [0.5, 0.6) is 0 Å². The molecule has 25 heavy (non-hydrogen) atoms. The van der Waals surface area contributed by atoms with Crippen molar-refractivity contribution in [1.29, 1.82) is 0 Å². The molecule has 0 saturated carbocycles. The molecule has 1 aromatic carbocycles. The van der Waals surface area contributed by atoms with Crippen LogP contribution in [0.15, 0.2) is 18.2 Å². The minimum Gasteiger partial charge on any atom is -0.479 e. The van der Waals surface area contributed by atoms with Gasteiger partial charge in [-0.05, 0) is 18.2 Å². The maximum absolute atomic E-state index is 12.2. The van der Waals surface area contributed by atoms with Gasteiger partial charge in [-0.1, -0.05) is 23.2 Å². The second kappa shape index (κ2) is 8.48. The fourth-order valence-corrected chi connectivity index (χ4v) is 2.87. The van der Waals surface area contributed by atoms with Crippen LogP contribution in [0, 0.1) is 0 Å². The van der Waals surface area contributed by atoms with Crippen LogP contribution in [0.25, 0.3) is 0 Å². The molecule has 2 rings (SSSR count). The van der Waals surface area contributed by atoms with Crippen LogP contribution in [0.1, 0.15) is 6.42 Å². The molecule has 0 radical (unpaired) electrons. The van der Waals surface area contributed by atoms with Gasteiger partial charge in [0.15, 0.2) is 6.10 Å². The Bertz CT molecular complexity index is 664. The summed E-state index contributed by atoms with van der Waals surface area (Å²) in [6.07, 6.45) is -2.29. The third-order valence-electron chi connectivity index (χ3n) is 3.46. The number of carboxylic acid groups (broad SMARTS) is 1. The van der Waals surface area contributed by atoms with Crippen molar-refractivity contribution in [1.82, 2.24) is 5.32 Å². The number of aliphatic carboxylic acids is 1. The number of hydrogen-bond acceptors (Lipinski definition) is 5. The van der Waals surface area contributed by atoms with E-state index < -0.39 is 36.0 Å². The van der Waals surface area contributed by atoms with Gasteiger partial charge in [-0.3, -0.25) is 9.59 Å². The number of hydrogen-bond donors (Lipinski definition) is 3. The van der Waals surface area contributed by atoms with E-state index in [1.807, 2.05) is 0 Å². The first kappa shape index (κ1) is 19.5. The molecule has 1 heterocycles. The molecule has 0 aromatic heterocycles. The molecule has 0 bridgehead atoms. The molecule has 136 valence electrons. The molecule has 0 aliphatic carbocycles. The number of ether oxygens (including phenoxy) is 2. The van der Waals surface area contributed by atoms with Gasteiger partial charge < -0.3 is 25.2 Å². The summed E-state index contributed by atoms with van der Waals surface area (Å²) in [7, 11) is 1.21. The van der Waals surface area contributed by atoms with E-state index in [9.17, 15) is 14.4 Å². The molecule has 10 heteroatoms. The van der Waals surface area contributed by atoms with E-state index in [0.717, 1.165) is 0 Å². The molecule has 2 amide bonds. The van der Waals surface area contributed by atoms with Gasteiger partial charge in [0.25, 0.3) is 11.8 Å². The number of amides is 2. The molecule has 3 atom stereocenters. The molecule has 1 saturated heterocycles. The lowest BCUT2D eigenvalue weighted by Gasteiger charge is -2.18. The quantitative estimate of drug-likeness (QED) is 0.630. The molecule has 1 fully saturated rings. The van der Waals surface area contributed by atoms with Crippen LogP contribution in [0.3, 0.4) is 0 Å². The van der Waals surface area contributed by atoms with Gasteiger partial charge in [0.2, 0.25) is 6.10 Å². The normalized spacial score (nSPS) is 20.8. The molecule has 1 aromatic rings. The van der Waals surface area contributed by atoms with Crippen molar-refractivity contribution in [2.75, 3.05) is 19.0 Å². The van der Waals surface area contributed by atoms with Crippen LogP contribution in [0.4, 0.5) is 5.69 Å². The monoisotopic (exact) mass is 390 g/mol. The van der Waals surface area contributed by atoms with Crippen molar-refractivity contribution >= 4 is 46.7 Å². The predicted octanol–water partition coefficient (Wildman–Crippen LogP) is 1.31. The minimum atomic E-state index is -1.43. The van der Waals surface area contributed by atoms with Crippen LogP contribution >= 0.6 is 23.2 Å². The number of anilines is 1. The lowest BCUT2D eigenvalue weighted by atomic mass is 10.1. The van der Waals surface area contributed by atoms with Gasteiger partial charge in [0, 0.05) is 29.3 Å². The summed E-state index contributed by atoms with van der Waals surface area (Å²) in [5.74, 6) is -2.52.